The molecule has 2 aromatic heterocycles. The fraction of sp³-hybridized carbons (Fsp3) is 0.167. The molecule has 39 heavy (non-hydrogen) atoms. The number of benzene rings is 2. The summed E-state index contributed by atoms with van der Waals surface area (Å²) in [6, 6.07) is 12.1. The van der Waals surface area contributed by atoms with Gasteiger partial charge in [-0.05, 0) is 62.4 Å². The summed E-state index contributed by atoms with van der Waals surface area (Å²) in [5.74, 6) is -1.37. The number of hydrogen-bond acceptors (Lipinski definition) is 8. The van der Waals surface area contributed by atoms with E-state index in [-0.39, 0.29) is 35.4 Å². The molecule has 0 atom stereocenters. The topological polar surface area (TPSA) is 156 Å². The zero-order valence-electron chi connectivity index (χ0n) is 20.4. The van der Waals surface area contributed by atoms with E-state index in [1.807, 2.05) is 0 Å². The van der Waals surface area contributed by atoms with Crippen LogP contribution in [0.5, 0.6) is 0 Å². The molecule has 0 radical (unpaired) electrons. The van der Waals surface area contributed by atoms with E-state index in [0.717, 1.165) is 0 Å². The van der Waals surface area contributed by atoms with E-state index in [4.69, 9.17) is 61.3 Å². The molecule has 0 aliphatic carbocycles. The fourth-order valence-electron chi connectivity index (χ4n) is 3.29. The van der Waals surface area contributed by atoms with Crippen molar-refractivity contribution in [1.29, 1.82) is 10.8 Å². The third-order valence-corrected chi connectivity index (χ3v) is 5.39. The molecule has 0 spiro atoms. The van der Waals surface area contributed by atoms with Crippen LogP contribution in [-0.4, -0.2) is 53.5 Å². The molecule has 0 fully saturated rings. The number of nitrogens with one attached hydrogen (secondary N) is 2. The Labute approximate surface area is 249 Å². The van der Waals surface area contributed by atoms with E-state index in [1.165, 1.54) is 24.3 Å². The zero-order chi connectivity index (χ0) is 29.3. The third kappa shape index (κ3) is 8.18. The molecule has 2 N–H and O–H groups in total. The molecular weight excluding hydrogens is 701 g/mol. The van der Waals surface area contributed by atoms with Crippen molar-refractivity contribution in [3.05, 3.63) is 91.1 Å². The van der Waals surface area contributed by atoms with Crippen molar-refractivity contribution in [3.8, 4) is 0 Å². The van der Waals surface area contributed by atoms with Crippen molar-refractivity contribution in [2.45, 2.75) is 13.8 Å². The minimum atomic E-state index is -0.826. The first-order valence-electron chi connectivity index (χ1n) is 11.0. The van der Waals surface area contributed by atoms with E-state index in [1.54, 1.807) is 38.1 Å². The van der Waals surface area contributed by atoms with E-state index in [0.29, 0.717) is 30.3 Å². The minimum absolute atomic E-state index is 0.0679. The molecule has 2 heterocycles. The molecule has 0 unspecified atom stereocenters. The number of carbonyl (C=O) groups is 2. The van der Waals surface area contributed by atoms with Gasteiger partial charge in [0.1, 0.15) is 22.1 Å². The molecule has 2 aromatic carbocycles. The second-order valence-corrected chi connectivity index (χ2v) is 12.4. The Hall–Kier alpha value is -2.64. The molecule has 0 aliphatic rings. The summed E-state index contributed by atoms with van der Waals surface area (Å²) in [4.78, 5) is 23.2. The SMILES string of the molecule is CCOC(=O)c1cc2cc(Cl)ccc2n([O-])c1=N.CCOC(=O)c1cc2cc(Cl)ccc2n([O-])c1=N.[Cl][Sn+2][Cl]. The van der Waals surface area contributed by atoms with Gasteiger partial charge in [-0.2, -0.15) is 0 Å². The van der Waals surface area contributed by atoms with Crippen LogP contribution < -0.4 is 11.0 Å². The number of carbonyl (C=O) groups excluding carboxylic acids is 2. The summed E-state index contributed by atoms with van der Waals surface area (Å²) in [6.45, 7) is 3.69. The van der Waals surface area contributed by atoms with Gasteiger partial charge in [-0.1, -0.05) is 23.2 Å². The van der Waals surface area contributed by atoms with Gasteiger partial charge in [0.05, 0.1) is 13.2 Å². The molecule has 204 valence electrons. The van der Waals surface area contributed by atoms with Crippen molar-refractivity contribution in [3.63, 3.8) is 0 Å². The molecule has 0 saturated heterocycles. The summed E-state index contributed by atoms with van der Waals surface area (Å²) >= 11 is 10.8. The average Bonchev–Trinajstić information content (AvgIpc) is 2.89. The van der Waals surface area contributed by atoms with Crippen molar-refractivity contribution in [2.75, 3.05) is 13.2 Å². The number of nitrogens with zero attached hydrogens (tertiary/aromatic N) is 2. The zero-order valence-corrected chi connectivity index (χ0v) is 26.3. The Balaban J connectivity index is 0.000000249. The summed E-state index contributed by atoms with van der Waals surface area (Å²) in [5.41, 5.74) is -0.412. The van der Waals surface area contributed by atoms with Crippen molar-refractivity contribution in [1.82, 2.24) is 9.46 Å². The number of fused-ring (bicyclic) bond motifs is 2. The van der Waals surface area contributed by atoms with E-state index in [2.05, 4.69) is 0 Å². The number of rotatable bonds is 4. The van der Waals surface area contributed by atoms with Gasteiger partial charge in [-0.15, -0.1) is 0 Å². The Bertz CT molecular complexity index is 1510. The maximum atomic E-state index is 11.8. The van der Waals surface area contributed by atoms with Gasteiger partial charge in [0, 0.05) is 31.9 Å². The number of ether oxygens (including phenoxy) is 2. The molecule has 10 nitrogen and oxygen atoms in total. The number of aromatic nitrogens is 2. The van der Waals surface area contributed by atoms with Gasteiger partial charge in [0.15, 0.2) is 0 Å². The van der Waals surface area contributed by atoms with Gasteiger partial charge in [-0.25, -0.2) is 9.59 Å². The Morgan fingerprint density at radius 1 is 0.769 bits per heavy atom. The van der Waals surface area contributed by atoms with Gasteiger partial charge >= 0.3 is 48.7 Å². The van der Waals surface area contributed by atoms with Gasteiger partial charge in [0.2, 0.25) is 0 Å². The van der Waals surface area contributed by atoms with E-state index < -0.39 is 41.8 Å². The second kappa shape index (κ2) is 15.2. The maximum absolute atomic E-state index is 11.8. The van der Waals surface area contributed by atoms with Crippen molar-refractivity contribution in [2.24, 2.45) is 0 Å². The summed E-state index contributed by atoms with van der Waals surface area (Å²) in [7, 11) is 9.87. The predicted molar refractivity (Wildman–Crippen MR) is 153 cm³/mol. The monoisotopic (exact) mass is 720 g/mol. The third-order valence-electron chi connectivity index (χ3n) is 4.92. The second-order valence-electron chi connectivity index (χ2n) is 7.32. The Morgan fingerprint density at radius 2 is 1.10 bits per heavy atom. The molecule has 0 aliphatic heterocycles. The molecule has 0 saturated carbocycles. The quantitative estimate of drug-likeness (QED) is 0.207. The van der Waals surface area contributed by atoms with Crippen LogP contribution in [0.2, 0.25) is 10.0 Å². The first kappa shape index (κ1) is 32.6. The molecule has 4 rings (SSSR count). The number of halogens is 4. The molecule has 0 amide bonds. The Morgan fingerprint density at radius 3 is 1.41 bits per heavy atom. The molecule has 4 aromatic rings. The van der Waals surface area contributed by atoms with Crippen LogP contribution in [0.4, 0.5) is 0 Å². The van der Waals surface area contributed by atoms with Crippen LogP contribution in [0.15, 0.2) is 48.5 Å². The van der Waals surface area contributed by atoms with Gasteiger partial charge in [0.25, 0.3) is 0 Å². The van der Waals surface area contributed by atoms with Crippen LogP contribution in [0.3, 0.4) is 0 Å². The fourth-order valence-corrected chi connectivity index (χ4v) is 3.65. The van der Waals surface area contributed by atoms with E-state index in [9.17, 15) is 20.0 Å². The number of esters is 2. The average molecular weight is 721 g/mol. The van der Waals surface area contributed by atoms with Crippen molar-refractivity contribution < 1.29 is 19.1 Å². The number of pyridine rings is 2. The summed E-state index contributed by atoms with van der Waals surface area (Å²) in [5, 5.41) is 40.9. The summed E-state index contributed by atoms with van der Waals surface area (Å²) < 4.78 is 10.4. The van der Waals surface area contributed by atoms with Crippen LogP contribution in [0.25, 0.3) is 21.8 Å². The van der Waals surface area contributed by atoms with Crippen LogP contribution >= 0.6 is 41.0 Å². The molecular formula is C24H20Cl4N4O6Sn. The van der Waals surface area contributed by atoms with Crippen LogP contribution in [0.1, 0.15) is 34.6 Å². The first-order chi connectivity index (χ1) is 18.5. The van der Waals surface area contributed by atoms with Crippen LogP contribution in [0, 0.1) is 21.2 Å². The van der Waals surface area contributed by atoms with Crippen molar-refractivity contribution >= 4 is 93.7 Å². The van der Waals surface area contributed by atoms with E-state index >= 15 is 0 Å². The standard InChI is InChI=1S/2C12H10ClN2O3.2ClH.Sn/c2*1-2-18-12(16)9-6-7-5-8(13)3-4-10(7)15(17)11(9)14;;;/h2*3-6,14H,2H2,1H3;2*1H;/q2*-1;;;+4/p-2. The van der Waals surface area contributed by atoms with Gasteiger partial charge < -0.3 is 29.3 Å². The molecule has 0 bridgehead atoms. The molecule has 15 heteroatoms. The summed E-state index contributed by atoms with van der Waals surface area (Å²) in [6.07, 6.45) is 0. The van der Waals surface area contributed by atoms with Gasteiger partial charge in [-0.3, -0.25) is 10.8 Å². The normalized spacial score (nSPS) is 10.0. The predicted octanol–water partition coefficient (Wildman–Crippen LogP) is 5.59. The number of hydrogen-bond donors (Lipinski definition) is 2. The van der Waals surface area contributed by atoms with Crippen LogP contribution in [-0.2, 0) is 9.47 Å². The first-order valence-corrected chi connectivity index (χ1v) is 18.9. The Kier molecular flexibility index (Phi) is 12.7.